The number of aliphatic hydroxyl groups excluding tert-OH is 1. The van der Waals surface area contributed by atoms with Crippen molar-refractivity contribution in [1.29, 1.82) is 0 Å². The Morgan fingerprint density at radius 1 is 1.19 bits per heavy atom. The summed E-state index contributed by atoms with van der Waals surface area (Å²) in [6, 6.07) is 11.3. The average molecular weight is 281 g/mol. The van der Waals surface area contributed by atoms with Gasteiger partial charge in [0, 0.05) is 12.6 Å². The van der Waals surface area contributed by atoms with Gasteiger partial charge < -0.3 is 5.11 Å². The summed E-state index contributed by atoms with van der Waals surface area (Å²) >= 11 is 0. The smallest absolute Gasteiger partial charge is 0.261 e. The van der Waals surface area contributed by atoms with E-state index in [1.165, 1.54) is 10.9 Å². The number of fused-ring (bicyclic) bond motifs is 1. The van der Waals surface area contributed by atoms with Crippen LogP contribution >= 0.6 is 0 Å². The molecular formula is C16H15N3O2. The SMILES string of the molecule is O=c1c2ccncc2ncn1C[C@@H](O)Cc1ccccc1. The molecule has 0 bridgehead atoms. The van der Waals surface area contributed by atoms with Crippen LogP contribution in [0.15, 0.2) is 59.9 Å². The molecule has 0 aliphatic carbocycles. The fourth-order valence-corrected chi connectivity index (χ4v) is 2.32. The fraction of sp³-hybridized carbons (Fsp3) is 0.188. The van der Waals surface area contributed by atoms with E-state index in [-0.39, 0.29) is 12.1 Å². The van der Waals surface area contributed by atoms with Gasteiger partial charge in [-0.2, -0.15) is 0 Å². The third-order valence-corrected chi connectivity index (χ3v) is 3.35. The topological polar surface area (TPSA) is 68.0 Å². The van der Waals surface area contributed by atoms with Crippen LogP contribution < -0.4 is 5.56 Å². The highest BCUT2D eigenvalue weighted by Crippen LogP contribution is 2.06. The highest BCUT2D eigenvalue weighted by Gasteiger charge is 2.10. The number of nitrogens with zero attached hydrogens (tertiary/aromatic N) is 3. The molecule has 2 aromatic heterocycles. The van der Waals surface area contributed by atoms with E-state index in [9.17, 15) is 9.90 Å². The summed E-state index contributed by atoms with van der Waals surface area (Å²) in [7, 11) is 0. The molecule has 0 amide bonds. The molecule has 3 aromatic rings. The standard InChI is InChI=1S/C16H15N3O2/c20-13(8-12-4-2-1-3-5-12)10-19-11-18-15-9-17-7-6-14(15)16(19)21/h1-7,9,11,13,20H,8,10H2/t13-/m0/s1. The maximum Gasteiger partial charge on any atom is 0.261 e. The number of hydrogen-bond acceptors (Lipinski definition) is 4. The van der Waals surface area contributed by atoms with Crippen LogP contribution in [0.1, 0.15) is 5.56 Å². The summed E-state index contributed by atoms with van der Waals surface area (Å²) < 4.78 is 1.44. The number of aromatic nitrogens is 3. The van der Waals surface area contributed by atoms with E-state index < -0.39 is 6.10 Å². The molecule has 0 saturated carbocycles. The van der Waals surface area contributed by atoms with Crippen molar-refractivity contribution in [2.45, 2.75) is 19.1 Å². The quantitative estimate of drug-likeness (QED) is 0.785. The third kappa shape index (κ3) is 2.98. The predicted octanol–water partition coefficient (Wildman–Crippen LogP) is 1.40. The van der Waals surface area contributed by atoms with E-state index in [1.807, 2.05) is 30.3 Å². The van der Waals surface area contributed by atoms with E-state index in [1.54, 1.807) is 18.5 Å². The second-order valence-corrected chi connectivity index (χ2v) is 4.94. The molecule has 1 atom stereocenters. The molecule has 0 unspecified atom stereocenters. The Balaban J connectivity index is 1.82. The Hall–Kier alpha value is -2.53. The van der Waals surface area contributed by atoms with Crippen LogP contribution in [-0.4, -0.2) is 25.7 Å². The highest BCUT2D eigenvalue weighted by molar-refractivity contribution is 5.75. The lowest BCUT2D eigenvalue weighted by Gasteiger charge is -2.12. The maximum absolute atomic E-state index is 12.3. The summed E-state index contributed by atoms with van der Waals surface area (Å²) in [5.74, 6) is 0. The second-order valence-electron chi connectivity index (χ2n) is 4.94. The Morgan fingerprint density at radius 2 is 2.00 bits per heavy atom. The summed E-state index contributed by atoms with van der Waals surface area (Å²) in [6.45, 7) is 0.221. The minimum absolute atomic E-state index is 0.158. The Morgan fingerprint density at radius 3 is 2.81 bits per heavy atom. The fourth-order valence-electron chi connectivity index (χ4n) is 2.32. The van der Waals surface area contributed by atoms with Crippen LogP contribution in [-0.2, 0) is 13.0 Å². The Bertz CT molecular complexity index is 799. The lowest BCUT2D eigenvalue weighted by Crippen LogP contribution is -2.28. The molecule has 0 spiro atoms. The van der Waals surface area contributed by atoms with Crippen LogP contribution in [0.3, 0.4) is 0 Å². The molecule has 21 heavy (non-hydrogen) atoms. The van der Waals surface area contributed by atoms with Gasteiger partial charge in [-0.15, -0.1) is 0 Å². The number of benzene rings is 1. The van der Waals surface area contributed by atoms with Gasteiger partial charge in [0.25, 0.3) is 5.56 Å². The largest absolute Gasteiger partial charge is 0.391 e. The summed E-state index contributed by atoms with van der Waals surface area (Å²) in [5, 5.41) is 10.7. The minimum Gasteiger partial charge on any atom is -0.391 e. The molecule has 1 aromatic carbocycles. The molecule has 2 heterocycles. The molecule has 0 aliphatic heterocycles. The number of hydrogen-bond donors (Lipinski definition) is 1. The number of rotatable bonds is 4. The van der Waals surface area contributed by atoms with Crippen molar-refractivity contribution in [3.63, 3.8) is 0 Å². The number of pyridine rings is 1. The van der Waals surface area contributed by atoms with Crippen molar-refractivity contribution >= 4 is 10.9 Å². The molecule has 0 radical (unpaired) electrons. The van der Waals surface area contributed by atoms with Gasteiger partial charge in [0.05, 0.1) is 36.1 Å². The molecular weight excluding hydrogens is 266 g/mol. The lowest BCUT2D eigenvalue weighted by atomic mass is 10.1. The Labute approximate surface area is 121 Å². The van der Waals surface area contributed by atoms with Crippen molar-refractivity contribution in [2.24, 2.45) is 0 Å². The first-order valence-corrected chi connectivity index (χ1v) is 6.75. The first kappa shape index (κ1) is 13.5. The van der Waals surface area contributed by atoms with Gasteiger partial charge in [0.2, 0.25) is 0 Å². The van der Waals surface area contributed by atoms with Crippen LogP contribution in [0.2, 0.25) is 0 Å². The van der Waals surface area contributed by atoms with Crippen molar-refractivity contribution in [2.75, 3.05) is 0 Å². The maximum atomic E-state index is 12.3. The summed E-state index contributed by atoms with van der Waals surface area (Å²) in [6.07, 6.45) is 4.45. The van der Waals surface area contributed by atoms with Crippen LogP contribution in [0.5, 0.6) is 0 Å². The predicted molar refractivity (Wildman–Crippen MR) is 80.0 cm³/mol. The van der Waals surface area contributed by atoms with Crippen LogP contribution in [0, 0.1) is 0 Å². The zero-order chi connectivity index (χ0) is 14.7. The molecule has 106 valence electrons. The zero-order valence-corrected chi connectivity index (χ0v) is 11.4. The first-order chi connectivity index (χ1) is 10.2. The molecule has 0 saturated heterocycles. The van der Waals surface area contributed by atoms with E-state index in [2.05, 4.69) is 9.97 Å². The van der Waals surface area contributed by atoms with Crippen molar-refractivity contribution in [1.82, 2.24) is 14.5 Å². The van der Waals surface area contributed by atoms with Crippen LogP contribution in [0.4, 0.5) is 0 Å². The third-order valence-electron chi connectivity index (χ3n) is 3.35. The zero-order valence-electron chi connectivity index (χ0n) is 11.4. The number of aliphatic hydroxyl groups is 1. The average Bonchev–Trinajstić information content (AvgIpc) is 2.51. The summed E-state index contributed by atoms with van der Waals surface area (Å²) in [4.78, 5) is 20.4. The Kier molecular flexibility index (Phi) is 3.75. The molecule has 1 N–H and O–H groups in total. The normalized spacial score (nSPS) is 12.4. The van der Waals surface area contributed by atoms with Gasteiger partial charge in [-0.1, -0.05) is 30.3 Å². The summed E-state index contributed by atoms with van der Waals surface area (Å²) in [5.41, 5.74) is 1.45. The van der Waals surface area contributed by atoms with Crippen molar-refractivity contribution in [3.05, 3.63) is 71.0 Å². The van der Waals surface area contributed by atoms with E-state index >= 15 is 0 Å². The molecule has 3 rings (SSSR count). The van der Waals surface area contributed by atoms with Crippen molar-refractivity contribution in [3.8, 4) is 0 Å². The minimum atomic E-state index is -0.633. The van der Waals surface area contributed by atoms with Crippen molar-refractivity contribution < 1.29 is 5.11 Å². The van der Waals surface area contributed by atoms with E-state index in [0.29, 0.717) is 17.3 Å². The lowest BCUT2D eigenvalue weighted by molar-refractivity contribution is 0.152. The molecule has 5 nitrogen and oxygen atoms in total. The molecule has 0 aliphatic rings. The van der Waals surface area contributed by atoms with Crippen LogP contribution in [0.25, 0.3) is 10.9 Å². The monoisotopic (exact) mass is 281 g/mol. The first-order valence-electron chi connectivity index (χ1n) is 6.75. The van der Waals surface area contributed by atoms with Gasteiger partial charge in [-0.05, 0) is 11.6 Å². The van der Waals surface area contributed by atoms with Gasteiger partial charge in [-0.3, -0.25) is 14.3 Å². The van der Waals surface area contributed by atoms with Gasteiger partial charge >= 0.3 is 0 Å². The van der Waals surface area contributed by atoms with Gasteiger partial charge in [0.1, 0.15) is 0 Å². The van der Waals surface area contributed by atoms with E-state index in [4.69, 9.17) is 0 Å². The second kappa shape index (κ2) is 5.85. The molecule has 0 fully saturated rings. The highest BCUT2D eigenvalue weighted by atomic mass is 16.3. The van der Waals surface area contributed by atoms with Gasteiger partial charge in [0.15, 0.2) is 0 Å². The van der Waals surface area contributed by atoms with E-state index in [0.717, 1.165) is 5.56 Å². The molecule has 5 heteroatoms. The van der Waals surface area contributed by atoms with Gasteiger partial charge in [-0.25, -0.2) is 4.98 Å².